The number of aliphatic carboxylic acids is 1. The van der Waals surface area contributed by atoms with Crippen molar-refractivity contribution in [3.05, 3.63) is 47.0 Å². The van der Waals surface area contributed by atoms with Crippen molar-refractivity contribution in [2.24, 2.45) is 5.92 Å². The van der Waals surface area contributed by atoms with Gasteiger partial charge in [0.05, 0.1) is 12.1 Å². The first-order chi connectivity index (χ1) is 12.8. The molecule has 0 saturated heterocycles. The van der Waals surface area contributed by atoms with Crippen LogP contribution in [0.15, 0.2) is 35.7 Å². The Labute approximate surface area is 162 Å². The Morgan fingerprint density at radius 1 is 1.22 bits per heavy atom. The van der Waals surface area contributed by atoms with Crippen molar-refractivity contribution in [3.63, 3.8) is 0 Å². The van der Waals surface area contributed by atoms with E-state index < -0.39 is 12.0 Å². The molecule has 0 aliphatic carbocycles. The molecule has 0 aliphatic heterocycles. The summed E-state index contributed by atoms with van der Waals surface area (Å²) >= 11 is 1.24. The van der Waals surface area contributed by atoms with Gasteiger partial charge in [-0.1, -0.05) is 44.2 Å². The third-order valence-corrected chi connectivity index (χ3v) is 4.86. The van der Waals surface area contributed by atoms with E-state index in [0.717, 1.165) is 5.56 Å². The second-order valence-electron chi connectivity index (χ2n) is 6.51. The van der Waals surface area contributed by atoms with Crippen LogP contribution in [0.1, 0.15) is 25.1 Å². The van der Waals surface area contributed by atoms with E-state index in [1.54, 1.807) is 19.2 Å². The van der Waals surface area contributed by atoms with Gasteiger partial charge in [0.25, 0.3) is 0 Å². The number of thiazole rings is 1. The maximum absolute atomic E-state index is 12.5. The number of hydrogen-bond acceptors (Lipinski definition) is 5. The predicted octanol–water partition coefficient (Wildman–Crippen LogP) is 2.43. The molecule has 2 amide bonds. The van der Waals surface area contributed by atoms with Crippen LogP contribution in [-0.4, -0.2) is 45.9 Å². The number of hydrogen-bond donors (Lipinski definition) is 2. The second-order valence-corrected chi connectivity index (χ2v) is 7.37. The molecular weight excluding hydrogens is 366 g/mol. The van der Waals surface area contributed by atoms with Crippen LogP contribution in [0.4, 0.5) is 5.13 Å². The molecule has 0 bridgehead atoms. The van der Waals surface area contributed by atoms with Gasteiger partial charge in [-0.15, -0.1) is 11.3 Å². The van der Waals surface area contributed by atoms with E-state index in [1.165, 1.54) is 23.3 Å². The maximum atomic E-state index is 12.5. The number of amides is 2. The Morgan fingerprint density at radius 3 is 2.48 bits per heavy atom. The molecule has 8 heteroatoms. The van der Waals surface area contributed by atoms with Crippen molar-refractivity contribution in [3.8, 4) is 0 Å². The van der Waals surface area contributed by atoms with E-state index in [-0.39, 0.29) is 30.6 Å². The molecule has 0 saturated carbocycles. The molecular formula is C19H23N3O4S. The summed E-state index contributed by atoms with van der Waals surface area (Å²) in [6, 6.07) is 8.22. The summed E-state index contributed by atoms with van der Waals surface area (Å²) in [5.41, 5.74) is 1.34. The van der Waals surface area contributed by atoms with Crippen LogP contribution in [0.3, 0.4) is 0 Å². The van der Waals surface area contributed by atoms with Crippen LogP contribution in [0.2, 0.25) is 0 Å². The summed E-state index contributed by atoms with van der Waals surface area (Å²) in [6.07, 6.45) is 0.203. The molecule has 144 valence electrons. The fourth-order valence-corrected chi connectivity index (χ4v) is 3.09. The van der Waals surface area contributed by atoms with E-state index in [0.29, 0.717) is 10.8 Å². The summed E-state index contributed by atoms with van der Waals surface area (Å²) in [5.74, 6) is -1.71. The first-order valence-electron chi connectivity index (χ1n) is 8.55. The van der Waals surface area contributed by atoms with Gasteiger partial charge in [0, 0.05) is 24.8 Å². The number of carbonyl (C=O) groups excluding carboxylic acids is 2. The van der Waals surface area contributed by atoms with Crippen LogP contribution in [-0.2, 0) is 27.2 Å². The number of anilines is 1. The fourth-order valence-electron chi connectivity index (χ4n) is 2.38. The summed E-state index contributed by atoms with van der Waals surface area (Å²) < 4.78 is 0. The van der Waals surface area contributed by atoms with Crippen molar-refractivity contribution in [2.75, 3.05) is 12.4 Å². The average Bonchev–Trinajstić information content (AvgIpc) is 3.06. The minimum absolute atomic E-state index is 0.0247. The molecule has 0 aliphatic rings. The zero-order valence-electron chi connectivity index (χ0n) is 15.5. The van der Waals surface area contributed by atoms with Crippen molar-refractivity contribution >= 4 is 34.3 Å². The lowest BCUT2D eigenvalue weighted by molar-refractivity contribution is -0.148. The highest BCUT2D eigenvalue weighted by atomic mass is 32.1. The largest absolute Gasteiger partial charge is 0.480 e. The van der Waals surface area contributed by atoms with Gasteiger partial charge in [0.1, 0.15) is 6.04 Å². The Hall–Kier alpha value is -2.74. The monoisotopic (exact) mass is 389 g/mol. The first kappa shape index (κ1) is 20.6. The van der Waals surface area contributed by atoms with Crippen LogP contribution in [0.25, 0.3) is 0 Å². The van der Waals surface area contributed by atoms with Crippen molar-refractivity contribution in [1.82, 2.24) is 9.88 Å². The standard InChI is InChI=1S/C19H23N3O4S/c1-12(2)17(24)21-19-20-14(11-27-19)10-16(23)22(3)15(18(25)26)9-13-7-5-4-6-8-13/h4-8,11-12,15H,9-10H2,1-3H3,(H,25,26)(H,20,21,24). The molecule has 1 heterocycles. The number of carboxylic acids is 1. The Kier molecular flexibility index (Phi) is 7.06. The molecule has 0 fully saturated rings. The summed E-state index contributed by atoms with van der Waals surface area (Å²) in [7, 11) is 1.48. The van der Waals surface area contributed by atoms with Crippen LogP contribution >= 0.6 is 11.3 Å². The molecule has 27 heavy (non-hydrogen) atoms. The van der Waals surface area contributed by atoms with E-state index in [4.69, 9.17) is 0 Å². The highest BCUT2D eigenvalue weighted by molar-refractivity contribution is 7.13. The van der Waals surface area contributed by atoms with Gasteiger partial charge < -0.3 is 15.3 Å². The van der Waals surface area contributed by atoms with Crippen LogP contribution in [0.5, 0.6) is 0 Å². The predicted molar refractivity (Wildman–Crippen MR) is 104 cm³/mol. The van der Waals surface area contributed by atoms with Gasteiger partial charge >= 0.3 is 5.97 Å². The lowest BCUT2D eigenvalue weighted by Crippen LogP contribution is -2.44. The molecule has 0 radical (unpaired) electrons. The highest BCUT2D eigenvalue weighted by Gasteiger charge is 2.27. The number of carbonyl (C=O) groups is 3. The minimum Gasteiger partial charge on any atom is -0.480 e. The lowest BCUT2D eigenvalue weighted by atomic mass is 10.0. The molecule has 1 unspecified atom stereocenters. The third-order valence-electron chi connectivity index (χ3n) is 4.06. The minimum atomic E-state index is -1.06. The van der Waals surface area contributed by atoms with E-state index in [1.807, 2.05) is 30.3 Å². The van der Waals surface area contributed by atoms with Gasteiger partial charge in [-0.05, 0) is 5.56 Å². The highest BCUT2D eigenvalue weighted by Crippen LogP contribution is 2.18. The quantitative estimate of drug-likeness (QED) is 0.722. The molecule has 1 aromatic carbocycles. The number of benzene rings is 1. The topological polar surface area (TPSA) is 99.6 Å². The van der Waals surface area contributed by atoms with Crippen LogP contribution < -0.4 is 5.32 Å². The SMILES string of the molecule is CC(C)C(=O)Nc1nc(CC(=O)N(C)C(Cc2ccccc2)C(=O)O)cs1. The second kappa shape index (κ2) is 9.27. The van der Waals surface area contributed by atoms with Gasteiger partial charge in [0.15, 0.2) is 5.13 Å². The van der Waals surface area contributed by atoms with Crippen molar-refractivity contribution in [1.29, 1.82) is 0 Å². The number of nitrogens with one attached hydrogen (secondary N) is 1. The van der Waals surface area contributed by atoms with Gasteiger partial charge in [-0.3, -0.25) is 9.59 Å². The number of nitrogens with zero attached hydrogens (tertiary/aromatic N) is 2. The van der Waals surface area contributed by atoms with Gasteiger partial charge in [-0.2, -0.15) is 0 Å². The third kappa shape index (κ3) is 5.89. The molecule has 7 nitrogen and oxygen atoms in total. The van der Waals surface area contributed by atoms with E-state index in [2.05, 4.69) is 10.3 Å². The molecule has 2 aromatic rings. The molecule has 1 aromatic heterocycles. The molecule has 1 atom stereocenters. The maximum Gasteiger partial charge on any atom is 0.326 e. The summed E-state index contributed by atoms with van der Waals surface area (Å²) in [5, 5.41) is 14.3. The van der Waals surface area contributed by atoms with Crippen LogP contribution in [0, 0.1) is 5.92 Å². The number of aromatic nitrogens is 1. The Balaban J connectivity index is 2.02. The zero-order chi connectivity index (χ0) is 20.0. The lowest BCUT2D eigenvalue weighted by Gasteiger charge is -2.24. The first-order valence-corrected chi connectivity index (χ1v) is 9.43. The number of likely N-dealkylation sites (N-methyl/N-ethyl adjacent to an activating group) is 1. The zero-order valence-corrected chi connectivity index (χ0v) is 16.3. The van der Waals surface area contributed by atoms with E-state index in [9.17, 15) is 19.5 Å². The van der Waals surface area contributed by atoms with Gasteiger partial charge in [0.2, 0.25) is 11.8 Å². The number of carboxylic acid groups (broad SMARTS) is 1. The molecule has 2 rings (SSSR count). The smallest absolute Gasteiger partial charge is 0.326 e. The van der Waals surface area contributed by atoms with Crippen molar-refractivity contribution < 1.29 is 19.5 Å². The summed E-state index contributed by atoms with van der Waals surface area (Å²) in [6.45, 7) is 3.56. The Bertz CT molecular complexity index is 804. The molecule has 2 N–H and O–H groups in total. The normalized spacial score (nSPS) is 11.9. The average molecular weight is 389 g/mol. The Morgan fingerprint density at radius 2 is 1.89 bits per heavy atom. The van der Waals surface area contributed by atoms with E-state index >= 15 is 0 Å². The fraction of sp³-hybridized carbons (Fsp3) is 0.368. The summed E-state index contributed by atoms with van der Waals surface area (Å²) in [4.78, 5) is 41.3. The number of rotatable bonds is 8. The molecule has 0 spiro atoms. The van der Waals surface area contributed by atoms with Crippen molar-refractivity contribution in [2.45, 2.75) is 32.7 Å². The van der Waals surface area contributed by atoms with Gasteiger partial charge in [-0.25, -0.2) is 9.78 Å².